The molecule has 2 N–H and O–H groups in total. The first-order chi connectivity index (χ1) is 12.7. The zero-order valence-corrected chi connectivity index (χ0v) is 18.8. The van der Waals surface area contributed by atoms with Crippen molar-refractivity contribution >= 4 is 29.9 Å². The van der Waals surface area contributed by atoms with Crippen LogP contribution < -0.4 is 10.1 Å². The van der Waals surface area contributed by atoms with E-state index in [9.17, 15) is 5.11 Å². The maximum atomic E-state index is 10.5. The number of halogens is 1. The molecule has 2 aliphatic heterocycles. The Bertz CT molecular complexity index is 590. The number of aliphatic imine (C=N–C) groups is 1. The maximum Gasteiger partial charge on any atom is 0.194 e. The molecule has 6 nitrogen and oxygen atoms in total. The number of nitrogens with one attached hydrogen (secondary N) is 1. The molecule has 0 amide bonds. The Balaban J connectivity index is 0.00000261. The van der Waals surface area contributed by atoms with Gasteiger partial charge >= 0.3 is 0 Å². The fraction of sp³-hybridized carbons (Fsp3) is 0.650. The molecule has 3 rings (SSSR count). The van der Waals surface area contributed by atoms with Crippen LogP contribution in [0.25, 0.3) is 0 Å². The predicted octanol–water partition coefficient (Wildman–Crippen LogP) is 2.48. The van der Waals surface area contributed by atoms with E-state index in [1.54, 1.807) is 7.11 Å². The van der Waals surface area contributed by atoms with Crippen molar-refractivity contribution in [3.63, 3.8) is 0 Å². The van der Waals surface area contributed by atoms with Crippen molar-refractivity contribution in [3.8, 4) is 5.75 Å². The number of aliphatic hydroxyl groups excluding tert-OH is 1. The average molecular weight is 488 g/mol. The van der Waals surface area contributed by atoms with E-state index in [1.165, 1.54) is 32.4 Å². The number of aliphatic hydroxyl groups is 1. The van der Waals surface area contributed by atoms with Crippen LogP contribution in [0.4, 0.5) is 0 Å². The van der Waals surface area contributed by atoms with Gasteiger partial charge in [-0.1, -0.05) is 12.1 Å². The summed E-state index contributed by atoms with van der Waals surface area (Å²) in [4.78, 5) is 9.67. The Kier molecular flexibility index (Phi) is 9.11. The van der Waals surface area contributed by atoms with Crippen LogP contribution in [0.2, 0.25) is 0 Å². The van der Waals surface area contributed by atoms with Gasteiger partial charge in [-0.05, 0) is 57.0 Å². The zero-order chi connectivity index (χ0) is 18.4. The molecule has 152 valence electrons. The summed E-state index contributed by atoms with van der Waals surface area (Å²) >= 11 is 0. The third-order valence-electron chi connectivity index (χ3n) is 5.37. The molecule has 0 saturated carbocycles. The van der Waals surface area contributed by atoms with Crippen LogP contribution in [0, 0.1) is 0 Å². The zero-order valence-electron chi connectivity index (χ0n) is 16.4. The highest BCUT2D eigenvalue weighted by molar-refractivity contribution is 14.0. The first-order valence-electron chi connectivity index (χ1n) is 9.80. The molecular weight excluding hydrogens is 455 g/mol. The Labute approximate surface area is 180 Å². The van der Waals surface area contributed by atoms with Crippen LogP contribution in [-0.2, 0) is 0 Å². The molecule has 2 unspecified atom stereocenters. The molecule has 1 aromatic carbocycles. The smallest absolute Gasteiger partial charge is 0.194 e. The van der Waals surface area contributed by atoms with Crippen LogP contribution in [0.1, 0.15) is 37.9 Å². The molecule has 0 spiro atoms. The second kappa shape index (κ2) is 11.1. The molecule has 7 heteroatoms. The maximum absolute atomic E-state index is 10.5. The van der Waals surface area contributed by atoms with Gasteiger partial charge in [-0.2, -0.15) is 0 Å². The first-order valence-corrected chi connectivity index (χ1v) is 9.80. The average Bonchev–Trinajstić information content (AvgIpc) is 3.36. The second-order valence-electron chi connectivity index (χ2n) is 7.12. The number of rotatable bonds is 6. The van der Waals surface area contributed by atoms with Gasteiger partial charge in [0, 0.05) is 25.7 Å². The van der Waals surface area contributed by atoms with Crippen LogP contribution >= 0.6 is 24.0 Å². The summed E-state index contributed by atoms with van der Waals surface area (Å²) in [6, 6.07) is 8.17. The van der Waals surface area contributed by atoms with Crippen molar-refractivity contribution in [3.05, 3.63) is 29.8 Å². The number of hydrogen-bond donors (Lipinski definition) is 2. The molecule has 0 radical (unpaired) electrons. The van der Waals surface area contributed by atoms with Crippen molar-refractivity contribution in [2.24, 2.45) is 4.99 Å². The SMILES string of the molecule is CCNC(=NCC(O)c1ccc(OC)cc1)N1CCC(N2CCCC2)C1.I. The van der Waals surface area contributed by atoms with Crippen LogP contribution in [0.15, 0.2) is 29.3 Å². The van der Waals surface area contributed by atoms with Gasteiger partial charge in [0.1, 0.15) is 5.75 Å². The lowest BCUT2D eigenvalue weighted by molar-refractivity contribution is 0.186. The van der Waals surface area contributed by atoms with Gasteiger partial charge in [-0.25, -0.2) is 0 Å². The summed E-state index contributed by atoms with van der Waals surface area (Å²) in [6.45, 7) is 7.83. The van der Waals surface area contributed by atoms with E-state index in [2.05, 4.69) is 22.0 Å². The lowest BCUT2D eigenvalue weighted by atomic mass is 10.1. The van der Waals surface area contributed by atoms with E-state index in [0.717, 1.165) is 36.9 Å². The topological polar surface area (TPSA) is 60.3 Å². The monoisotopic (exact) mass is 488 g/mol. The van der Waals surface area contributed by atoms with Gasteiger partial charge < -0.3 is 20.1 Å². The lowest BCUT2D eigenvalue weighted by Crippen LogP contribution is -2.43. The van der Waals surface area contributed by atoms with Gasteiger partial charge in [-0.15, -0.1) is 24.0 Å². The Morgan fingerprint density at radius 3 is 2.59 bits per heavy atom. The quantitative estimate of drug-likeness (QED) is 0.366. The number of methoxy groups -OCH3 is 1. The van der Waals surface area contributed by atoms with Gasteiger partial charge in [0.05, 0.1) is 19.8 Å². The van der Waals surface area contributed by atoms with E-state index in [-0.39, 0.29) is 24.0 Å². The second-order valence-corrected chi connectivity index (χ2v) is 7.12. The van der Waals surface area contributed by atoms with Crippen LogP contribution in [-0.4, -0.2) is 73.3 Å². The number of ether oxygens (including phenoxy) is 1. The van der Waals surface area contributed by atoms with E-state index in [4.69, 9.17) is 9.73 Å². The standard InChI is InChI=1S/C20H32N4O2.HI/c1-3-21-20(24-13-10-17(15-24)23-11-4-5-12-23)22-14-19(25)16-6-8-18(26-2)9-7-16;/h6-9,17,19,25H,3-5,10-15H2,1-2H3,(H,21,22);1H. The normalized spacial score (nSPS) is 21.8. The minimum atomic E-state index is -0.605. The molecular formula is C20H33IN4O2. The lowest BCUT2D eigenvalue weighted by Gasteiger charge is -2.25. The first kappa shape index (κ1) is 22.2. The van der Waals surface area contributed by atoms with Crippen molar-refractivity contribution in [2.45, 2.75) is 38.3 Å². The summed E-state index contributed by atoms with van der Waals surface area (Å²) in [5.41, 5.74) is 0.863. The van der Waals surface area contributed by atoms with Crippen LogP contribution in [0.3, 0.4) is 0 Å². The van der Waals surface area contributed by atoms with E-state index < -0.39 is 6.10 Å². The fourth-order valence-electron chi connectivity index (χ4n) is 3.87. The third kappa shape index (κ3) is 5.96. The molecule has 27 heavy (non-hydrogen) atoms. The van der Waals surface area contributed by atoms with Crippen molar-refractivity contribution in [1.29, 1.82) is 0 Å². The minimum Gasteiger partial charge on any atom is -0.497 e. The minimum absolute atomic E-state index is 0. The predicted molar refractivity (Wildman–Crippen MR) is 120 cm³/mol. The Hall–Kier alpha value is -1.06. The summed E-state index contributed by atoms with van der Waals surface area (Å²) in [5.74, 6) is 1.71. The molecule has 2 saturated heterocycles. The molecule has 0 aromatic heterocycles. The van der Waals surface area contributed by atoms with Crippen molar-refractivity contribution < 1.29 is 9.84 Å². The van der Waals surface area contributed by atoms with E-state index >= 15 is 0 Å². The Morgan fingerprint density at radius 1 is 1.26 bits per heavy atom. The molecule has 2 aliphatic rings. The fourth-order valence-corrected chi connectivity index (χ4v) is 3.87. The third-order valence-corrected chi connectivity index (χ3v) is 5.37. The van der Waals surface area contributed by atoms with Gasteiger partial charge in [0.2, 0.25) is 0 Å². The highest BCUT2D eigenvalue weighted by atomic mass is 127. The van der Waals surface area contributed by atoms with E-state index in [0.29, 0.717) is 12.6 Å². The molecule has 1 aromatic rings. The molecule has 2 heterocycles. The van der Waals surface area contributed by atoms with Crippen LogP contribution in [0.5, 0.6) is 5.75 Å². The number of benzene rings is 1. The van der Waals surface area contributed by atoms with Crippen molar-refractivity contribution in [2.75, 3.05) is 46.4 Å². The summed E-state index contributed by atoms with van der Waals surface area (Å²) in [6.07, 6.45) is 3.26. The molecule has 0 aliphatic carbocycles. The largest absolute Gasteiger partial charge is 0.497 e. The summed E-state index contributed by atoms with van der Waals surface area (Å²) in [7, 11) is 1.64. The van der Waals surface area contributed by atoms with Gasteiger partial charge in [-0.3, -0.25) is 9.89 Å². The highest BCUT2D eigenvalue weighted by Crippen LogP contribution is 2.21. The Morgan fingerprint density at radius 2 is 1.96 bits per heavy atom. The number of nitrogens with zero attached hydrogens (tertiary/aromatic N) is 3. The van der Waals surface area contributed by atoms with Crippen molar-refractivity contribution in [1.82, 2.24) is 15.1 Å². The number of likely N-dealkylation sites (tertiary alicyclic amines) is 2. The highest BCUT2D eigenvalue weighted by Gasteiger charge is 2.30. The van der Waals surface area contributed by atoms with Gasteiger partial charge in [0.25, 0.3) is 0 Å². The summed E-state index contributed by atoms with van der Waals surface area (Å²) < 4.78 is 5.17. The number of hydrogen-bond acceptors (Lipinski definition) is 4. The molecule has 0 bridgehead atoms. The van der Waals surface area contributed by atoms with E-state index in [1.807, 2.05) is 24.3 Å². The molecule has 2 atom stereocenters. The summed E-state index contributed by atoms with van der Waals surface area (Å²) in [5, 5.41) is 13.9. The molecule has 2 fully saturated rings. The number of guanidine groups is 1. The van der Waals surface area contributed by atoms with Gasteiger partial charge in [0.15, 0.2) is 5.96 Å².